The van der Waals surface area contributed by atoms with Gasteiger partial charge in [-0.05, 0) is 98.7 Å². The van der Waals surface area contributed by atoms with E-state index in [1.165, 1.54) is 0 Å². The summed E-state index contributed by atoms with van der Waals surface area (Å²) in [7, 11) is 0. The third-order valence-electron chi connectivity index (χ3n) is 6.22. The first-order valence-electron chi connectivity index (χ1n) is 13.1. The lowest BCUT2D eigenvalue weighted by Crippen LogP contribution is -2.25. The van der Waals surface area contributed by atoms with Crippen molar-refractivity contribution in [2.45, 2.75) is 33.8 Å². The maximum atomic E-state index is 5.95. The van der Waals surface area contributed by atoms with Crippen LogP contribution in [-0.4, -0.2) is 41.1 Å². The molecule has 1 N–H and O–H groups in total. The van der Waals surface area contributed by atoms with E-state index in [2.05, 4.69) is 29.0 Å². The summed E-state index contributed by atoms with van der Waals surface area (Å²) in [5, 5.41) is 4.03. The van der Waals surface area contributed by atoms with Crippen LogP contribution in [0.1, 0.15) is 31.5 Å². The summed E-state index contributed by atoms with van der Waals surface area (Å²) in [5.41, 5.74) is 4.69. The Morgan fingerprint density at radius 3 is 2.16 bits per heavy atom. The van der Waals surface area contributed by atoms with Crippen LogP contribution in [0.4, 0.5) is 11.6 Å². The first kappa shape index (κ1) is 27.4. The van der Waals surface area contributed by atoms with Crippen molar-refractivity contribution in [1.29, 1.82) is 0 Å². The number of halogens is 1. The van der Waals surface area contributed by atoms with Gasteiger partial charge in [0, 0.05) is 28.5 Å². The first-order valence-corrected chi connectivity index (χ1v) is 13.5. The summed E-state index contributed by atoms with van der Waals surface area (Å²) in [6, 6.07) is 25.5. The number of hydrogen-bond donors (Lipinski definition) is 1. The predicted molar refractivity (Wildman–Crippen MR) is 156 cm³/mol. The lowest BCUT2D eigenvalue weighted by atomic mass is 10.1. The molecule has 38 heavy (non-hydrogen) atoms. The molecule has 4 aromatic rings. The summed E-state index contributed by atoms with van der Waals surface area (Å²) < 4.78 is 11.8. The highest BCUT2D eigenvalue weighted by Gasteiger charge is 2.07. The van der Waals surface area contributed by atoms with E-state index in [4.69, 9.17) is 26.1 Å². The first-order chi connectivity index (χ1) is 18.5. The third kappa shape index (κ3) is 8.20. The quantitative estimate of drug-likeness (QED) is 0.180. The maximum absolute atomic E-state index is 5.95. The van der Waals surface area contributed by atoms with Gasteiger partial charge < -0.3 is 19.7 Å². The van der Waals surface area contributed by atoms with Gasteiger partial charge in [-0.1, -0.05) is 37.6 Å². The number of hydrogen-bond acceptors (Lipinski definition) is 6. The lowest BCUT2D eigenvalue weighted by Gasteiger charge is -2.17. The Kier molecular flexibility index (Phi) is 9.96. The summed E-state index contributed by atoms with van der Waals surface area (Å²) in [4.78, 5) is 11.7. The highest BCUT2D eigenvalue weighted by molar-refractivity contribution is 6.30. The molecule has 0 bridgehead atoms. The van der Waals surface area contributed by atoms with Gasteiger partial charge in [-0.15, -0.1) is 0 Å². The molecule has 198 valence electrons. The van der Waals surface area contributed by atoms with Crippen LogP contribution in [0.3, 0.4) is 0 Å². The van der Waals surface area contributed by atoms with Crippen molar-refractivity contribution in [3.8, 4) is 22.8 Å². The van der Waals surface area contributed by atoms with E-state index < -0.39 is 0 Å². The molecule has 0 aliphatic carbocycles. The largest absolute Gasteiger partial charge is 0.494 e. The van der Waals surface area contributed by atoms with Crippen LogP contribution >= 0.6 is 11.6 Å². The highest BCUT2D eigenvalue weighted by Crippen LogP contribution is 2.25. The Hall–Kier alpha value is -3.61. The van der Waals surface area contributed by atoms with E-state index in [9.17, 15) is 0 Å². The smallest absolute Gasteiger partial charge is 0.227 e. The van der Waals surface area contributed by atoms with Crippen molar-refractivity contribution < 1.29 is 9.47 Å². The second-order valence-corrected chi connectivity index (χ2v) is 9.47. The monoisotopic (exact) mass is 530 g/mol. The molecule has 0 aliphatic heterocycles. The number of aromatic nitrogens is 2. The van der Waals surface area contributed by atoms with Gasteiger partial charge in [-0.3, -0.25) is 0 Å². The molecule has 1 aromatic heterocycles. The number of nitrogens with zero attached hydrogens (tertiary/aromatic N) is 3. The SMILES string of the molecule is CCN(CC)CCCOc1ccc(Nc2nc(C)cc(-c3ccc(OCc4ccc(Cl)cc4)cc3)n2)cc1. The van der Waals surface area contributed by atoms with Gasteiger partial charge in [0.05, 0.1) is 12.3 Å². The molecule has 0 aliphatic rings. The second kappa shape index (κ2) is 13.8. The molecule has 0 radical (unpaired) electrons. The van der Waals surface area contributed by atoms with Crippen LogP contribution in [0, 0.1) is 6.92 Å². The molecule has 0 amide bonds. The standard InChI is InChI=1S/C31H35ClN4O2/c1-4-36(5-2)19-6-20-37-28-17-13-27(14-18-28)34-31-33-23(3)21-30(35-31)25-9-15-29(16-10-25)38-22-24-7-11-26(32)12-8-24/h7-18,21H,4-6,19-20,22H2,1-3H3,(H,33,34,35). The Morgan fingerprint density at radius 2 is 1.47 bits per heavy atom. The Labute approximate surface area is 230 Å². The van der Waals surface area contributed by atoms with Crippen LogP contribution < -0.4 is 14.8 Å². The Bertz CT molecular complexity index is 1280. The molecule has 0 saturated heterocycles. The van der Waals surface area contributed by atoms with Crippen LogP contribution in [0.25, 0.3) is 11.3 Å². The van der Waals surface area contributed by atoms with Crippen LogP contribution in [-0.2, 0) is 6.61 Å². The van der Waals surface area contributed by atoms with E-state index in [1.54, 1.807) is 0 Å². The Morgan fingerprint density at radius 1 is 0.816 bits per heavy atom. The van der Waals surface area contributed by atoms with Crippen molar-refractivity contribution in [1.82, 2.24) is 14.9 Å². The summed E-state index contributed by atoms with van der Waals surface area (Å²) in [6.07, 6.45) is 1.01. The zero-order valence-corrected chi connectivity index (χ0v) is 23.0. The summed E-state index contributed by atoms with van der Waals surface area (Å²) >= 11 is 5.95. The number of benzene rings is 3. The molecule has 0 atom stereocenters. The molecule has 0 spiro atoms. The number of anilines is 2. The molecular weight excluding hydrogens is 496 g/mol. The molecular formula is C31H35ClN4O2. The molecule has 0 unspecified atom stereocenters. The fourth-order valence-electron chi connectivity index (χ4n) is 4.02. The molecule has 4 rings (SSSR count). The zero-order valence-electron chi connectivity index (χ0n) is 22.3. The van der Waals surface area contributed by atoms with Gasteiger partial charge in [0.25, 0.3) is 0 Å². The van der Waals surface area contributed by atoms with Crippen LogP contribution in [0.5, 0.6) is 11.5 Å². The zero-order chi connectivity index (χ0) is 26.7. The number of nitrogens with one attached hydrogen (secondary N) is 1. The van der Waals surface area contributed by atoms with E-state index in [1.807, 2.05) is 85.8 Å². The maximum Gasteiger partial charge on any atom is 0.227 e. The second-order valence-electron chi connectivity index (χ2n) is 9.04. The van der Waals surface area contributed by atoms with Gasteiger partial charge in [0.1, 0.15) is 18.1 Å². The molecule has 3 aromatic carbocycles. The molecule has 0 saturated carbocycles. The van der Waals surface area contributed by atoms with Gasteiger partial charge in [0.15, 0.2) is 0 Å². The van der Waals surface area contributed by atoms with Crippen molar-refractivity contribution in [2.75, 3.05) is 31.6 Å². The van der Waals surface area contributed by atoms with E-state index >= 15 is 0 Å². The Balaban J connectivity index is 1.33. The van der Waals surface area contributed by atoms with Crippen molar-refractivity contribution in [3.63, 3.8) is 0 Å². The normalized spacial score (nSPS) is 11.0. The van der Waals surface area contributed by atoms with E-state index in [0.29, 0.717) is 19.2 Å². The molecule has 0 fully saturated rings. The summed E-state index contributed by atoms with van der Waals surface area (Å²) in [6.45, 7) is 10.7. The number of aryl methyl sites for hydroxylation is 1. The van der Waals surface area contributed by atoms with Gasteiger partial charge in [-0.2, -0.15) is 0 Å². The fraction of sp³-hybridized carbons (Fsp3) is 0.290. The predicted octanol–water partition coefficient (Wildman–Crippen LogP) is 7.54. The van der Waals surface area contributed by atoms with Crippen molar-refractivity contribution in [3.05, 3.63) is 95.1 Å². The van der Waals surface area contributed by atoms with E-state index in [-0.39, 0.29) is 0 Å². The van der Waals surface area contributed by atoms with Gasteiger partial charge in [0.2, 0.25) is 5.95 Å². The molecule has 7 heteroatoms. The van der Waals surface area contributed by atoms with Crippen molar-refractivity contribution in [2.24, 2.45) is 0 Å². The van der Waals surface area contributed by atoms with Gasteiger partial charge in [-0.25, -0.2) is 9.97 Å². The van der Waals surface area contributed by atoms with Crippen LogP contribution in [0.2, 0.25) is 5.02 Å². The fourth-order valence-corrected chi connectivity index (χ4v) is 4.15. The number of ether oxygens (including phenoxy) is 2. The topological polar surface area (TPSA) is 59.5 Å². The molecule has 1 heterocycles. The highest BCUT2D eigenvalue weighted by atomic mass is 35.5. The third-order valence-corrected chi connectivity index (χ3v) is 6.47. The van der Waals surface area contributed by atoms with Gasteiger partial charge >= 0.3 is 0 Å². The van der Waals surface area contributed by atoms with Crippen LogP contribution in [0.15, 0.2) is 78.9 Å². The van der Waals surface area contributed by atoms with E-state index in [0.717, 1.165) is 70.8 Å². The molecule has 6 nitrogen and oxygen atoms in total. The minimum Gasteiger partial charge on any atom is -0.494 e. The average Bonchev–Trinajstić information content (AvgIpc) is 2.94. The lowest BCUT2D eigenvalue weighted by molar-refractivity contribution is 0.249. The average molecular weight is 531 g/mol. The minimum atomic E-state index is 0.483. The number of rotatable bonds is 13. The minimum absolute atomic E-state index is 0.483. The van der Waals surface area contributed by atoms with Crippen molar-refractivity contribution >= 4 is 23.2 Å². The summed E-state index contributed by atoms with van der Waals surface area (Å²) in [5.74, 6) is 2.21.